The van der Waals surface area contributed by atoms with Crippen molar-refractivity contribution in [3.8, 4) is 0 Å². The Kier molecular flexibility index (Phi) is 6.33. The Morgan fingerprint density at radius 3 is 2.52 bits per heavy atom. The monoisotopic (exact) mass is 347 g/mol. The summed E-state index contributed by atoms with van der Waals surface area (Å²) in [6, 6.07) is 3.93. The van der Waals surface area contributed by atoms with Crippen LogP contribution in [0.25, 0.3) is 0 Å². The van der Waals surface area contributed by atoms with Gasteiger partial charge in [0.2, 0.25) is 11.8 Å². The first kappa shape index (κ1) is 19.1. The first-order chi connectivity index (χ1) is 11.8. The molecule has 0 unspecified atom stereocenters. The lowest BCUT2D eigenvalue weighted by Crippen LogP contribution is -2.39. The number of aromatic nitrogens is 2. The summed E-state index contributed by atoms with van der Waals surface area (Å²) >= 11 is 0. The molecular formula is C18H29N5O2. The van der Waals surface area contributed by atoms with Gasteiger partial charge in [0.15, 0.2) is 5.82 Å². The summed E-state index contributed by atoms with van der Waals surface area (Å²) in [6.07, 6.45) is 1.24. The van der Waals surface area contributed by atoms with Crippen molar-refractivity contribution in [2.75, 3.05) is 37.6 Å². The number of hydrogen-bond donors (Lipinski definition) is 1. The maximum atomic E-state index is 12.4. The smallest absolute Gasteiger partial charge is 0.225 e. The van der Waals surface area contributed by atoms with E-state index in [1.54, 1.807) is 0 Å². The number of hydrogen-bond acceptors (Lipinski definition) is 5. The molecule has 1 aromatic rings. The quantitative estimate of drug-likeness (QED) is 0.890. The van der Waals surface area contributed by atoms with Crippen LogP contribution in [-0.4, -0.2) is 59.6 Å². The molecule has 1 aromatic heterocycles. The topological polar surface area (TPSA) is 78.4 Å². The fraction of sp³-hybridized carbons (Fsp3) is 0.667. The number of amides is 2. The van der Waals surface area contributed by atoms with Gasteiger partial charge >= 0.3 is 0 Å². The SMILES string of the molecule is Cc1ccc(N2CCCN(C(=O)CCNC(=O)C(C)(C)C)CC2)nn1. The molecule has 0 atom stereocenters. The maximum Gasteiger partial charge on any atom is 0.225 e. The van der Waals surface area contributed by atoms with Crippen LogP contribution in [0.3, 0.4) is 0 Å². The van der Waals surface area contributed by atoms with Crippen molar-refractivity contribution in [1.29, 1.82) is 0 Å². The van der Waals surface area contributed by atoms with Crippen LogP contribution in [0.4, 0.5) is 5.82 Å². The van der Waals surface area contributed by atoms with Crippen LogP contribution in [0.15, 0.2) is 12.1 Å². The Hall–Kier alpha value is -2.18. The van der Waals surface area contributed by atoms with E-state index in [2.05, 4.69) is 20.4 Å². The van der Waals surface area contributed by atoms with Gasteiger partial charge in [-0.1, -0.05) is 20.8 Å². The van der Waals surface area contributed by atoms with Gasteiger partial charge in [-0.15, -0.1) is 5.10 Å². The molecule has 25 heavy (non-hydrogen) atoms. The lowest BCUT2D eigenvalue weighted by atomic mass is 9.96. The summed E-state index contributed by atoms with van der Waals surface area (Å²) in [4.78, 5) is 28.3. The molecule has 0 saturated carbocycles. The van der Waals surface area contributed by atoms with Crippen LogP contribution in [0.1, 0.15) is 39.3 Å². The van der Waals surface area contributed by atoms with Gasteiger partial charge in [-0.3, -0.25) is 9.59 Å². The highest BCUT2D eigenvalue weighted by Gasteiger charge is 2.22. The molecule has 2 heterocycles. The molecular weight excluding hydrogens is 318 g/mol. The zero-order valence-electron chi connectivity index (χ0n) is 15.7. The number of nitrogens with zero attached hydrogens (tertiary/aromatic N) is 4. The Morgan fingerprint density at radius 1 is 1.12 bits per heavy atom. The molecule has 2 rings (SSSR count). The van der Waals surface area contributed by atoms with E-state index in [1.807, 2.05) is 44.7 Å². The van der Waals surface area contributed by atoms with Gasteiger partial charge in [0.25, 0.3) is 0 Å². The fourth-order valence-corrected chi connectivity index (χ4v) is 2.66. The summed E-state index contributed by atoms with van der Waals surface area (Å²) in [6.45, 7) is 10.9. The standard InChI is InChI=1S/C18H29N5O2/c1-14-6-7-15(21-20-14)22-10-5-11-23(13-12-22)16(24)8-9-19-17(25)18(2,3)4/h6-7H,5,8-13H2,1-4H3,(H,19,25). The zero-order valence-corrected chi connectivity index (χ0v) is 15.7. The molecule has 0 aliphatic carbocycles. The van der Waals surface area contributed by atoms with Gasteiger partial charge in [-0.25, -0.2) is 0 Å². The van der Waals surface area contributed by atoms with Gasteiger partial charge < -0.3 is 15.1 Å². The van der Waals surface area contributed by atoms with Crippen LogP contribution in [-0.2, 0) is 9.59 Å². The molecule has 1 N–H and O–H groups in total. The lowest BCUT2D eigenvalue weighted by molar-refractivity contribution is -0.131. The molecule has 0 radical (unpaired) electrons. The molecule has 0 aromatic carbocycles. The first-order valence-electron chi connectivity index (χ1n) is 8.89. The van der Waals surface area contributed by atoms with E-state index >= 15 is 0 Å². The van der Waals surface area contributed by atoms with Crippen LogP contribution < -0.4 is 10.2 Å². The highest BCUT2D eigenvalue weighted by molar-refractivity contribution is 5.82. The summed E-state index contributed by atoms with van der Waals surface area (Å²) in [7, 11) is 0. The van der Waals surface area contributed by atoms with E-state index in [9.17, 15) is 9.59 Å². The predicted molar refractivity (Wildman–Crippen MR) is 97.3 cm³/mol. The Morgan fingerprint density at radius 2 is 1.88 bits per heavy atom. The summed E-state index contributed by atoms with van der Waals surface area (Å²) < 4.78 is 0. The molecule has 7 nitrogen and oxygen atoms in total. The first-order valence-corrected chi connectivity index (χ1v) is 8.89. The van der Waals surface area contributed by atoms with Crippen molar-refractivity contribution in [2.24, 2.45) is 5.41 Å². The van der Waals surface area contributed by atoms with Crippen LogP contribution in [0.2, 0.25) is 0 Å². The normalized spacial score (nSPS) is 15.7. The van der Waals surface area contributed by atoms with Crippen molar-refractivity contribution in [3.63, 3.8) is 0 Å². The third kappa shape index (κ3) is 5.69. The minimum Gasteiger partial charge on any atom is -0.355 e. The minimum atomic E-state index is -0.429. The Bertz CT molecular complexity index is 594. The molecule has 1 saturated heterocycles. The van der Waals surface area contributed by atoms with E-state index in [0.29, 0.717) is 19.5 Å². The number of nitrogens with one attached hydrogen (secondary N) is 1. The highest BCUT2D eigenvalue weighted by atomic mass is 16.2. The lowest BCUT2D eigenvalue weighted by Gasteiger charge is -2.23. The van der Waals surface area contributed by atoms with E-state index in [-0.39, 0.29) is 11.8 Å². The molecule has 138 valence electrons. The summed E-state index contributed by atoms with van der Waals surface area (Å²) in [5.74, 6) is 0.920. The summed E-state index contributed by atoms with van der Waals surface area (Å²) in [5, 5.41) is 11.2. The molecule has 7 heteroatoms. The van der Waals surface area contributed by atoms with Crippen molar-refractivity contribution in [1.82, 2.24) is 20.4 Å². The third-order valence-electron chi connectivity index (χ3n) is 4.26. The van der Waals surface area contributed by atoms with E-state index in [0.717, 1.165) is 37.6 Å². The average molecular weight is 347 g/mol. The molecule has 1 aliphatic rings. The van der Waals surface area contributed by atoms with E-state index in [4.69, 9.17) is 0 Å². The Balaban J connectivity index is 1.80. The number of rotatable bonds is 4. The predicted octanol–water partition coefficient (Wildman–Crippen LogP) is 1.38. The molecule has 2 amide bonds. The van der Waals surface area contributed by atoms with Gasteiger partial charge in [0.1, 0.15) is 0 Å². The van der Waals surface area contributed by atoms with Gasteiger partial charge in [0, 0.05) is 44.6 Å². The van der Waals surface area contributed by atoms with Crippen molar-refractivity contribution < 1.29 is 9.59 Å². The third-order valence-corrected chi connectivity index (χ3v) is 4.26. The number of carbonyl (C=O) groups excluding carboxylic acids is 2. The number of aryl methyl sites for hydroxylation is 1. The average Bonchev–Trinajstić information content (AvgIpc) is 2.80. The molecule has 0 spiro atoms. The maximum absolute atomic E-state index is 12.4. The van der Waals surface area contributed by atoms with Gasteiger partial charge in [0.05, 0.1) is 5.69 Å². The molecule has 1 aliphatic heterocycles. The minimum absolute atomic E-state index is 0.0275. The van der Waals surface area contributed by atoms with E-state index < -0.39 is 5.41 Å². The number of carbonyl (C=O) groups is 2. The fourth-order valence-electron chi connectivity index (χ4n) is 2.66. The molecule has 1 fully saturated rings. The summed E-state index contributed by atoms with van der Waals surface area (Å²) in [5.41, 5.74) is 0.467. The van der Waals surface area contributed by atoms with Crippen molar-refractivity contribution >= 4 is 17.6 Å². The van der Waals surface area contributed by atoms with E-state index in [1.165, 1.54) is 0 Å². The van der Waals surface area contributed by atoms with Crippen LogP contribution >= 0.6 is 0 Å². The molecule has 0 bridgehead atoms. The second-order valence-corrected chi connectivity index (χ2v) is 7.51. The Labute approximate surface area is 149 Å². The highest BCUT2D eigenvalue weighted by Crippen LogP contribution is 2.14. The second kappa shape index (κ2) is 8.27. The van der Waals surface area contributed by atoms with Gasteiger partial charge in [-0.05, 0) is 25.5 Å². The van der Waals surface area contributed by atoms with Crippen LogP contribution in [0.5, 0.6) is 0 Å². The van der Waals surface area contributed by atoms with Crippen molar-refractivity contribution in [2.45, 2.75) is 40.5 Å². The van der Waals surface area contributed by atoms with Gasteiger partial charge in [-0.2, -0.15) is 5.10 Å². The van der Waals surface area contributed by atoms with Crippen LogP contribution in [0, 0.1) is 12.3 Å². The largest absolute Gasteiger partial charge is 0.355 e. The second-order valence-electron chi connectivity index (χ2n) is 7.51. The number of anilines is 1. The zero-order chi connectivity index (χ0) is 18.4. The van der Waals surface area contributed by atoms with Crippen molar-refractivity contribution in [3.05, 3.63) is 17.8 Å².